The molecule has 34 heavy (non-hydrogen) atoms. The van der Waals surface area contributed by atoms with E-state index in [0.717, 1.165) is 11.1 Å². The number of methoxy groups -OCH3 is 1. The predicted molar refractivity (Wildman–Crippen MR) is 130 cm³/mol. The summed E-state index contributed by atoms with van der Waals surface area (Å²) in [6.45, 7) is 0.293. The molecule has 2 rings (SSSR count). The average Bonchev–Trinajstić information content (AvgIpc) is 2.81. The van der Waals surface area contributed by atoms with Crippen molar-refractivity contribution < 1.29 is 19.1 Å². The molecule has 0 bridgehead atoms. The fraction of sp³-hybridized carbons (Fsp3) is 0.333. The first kappa shape index (κ1) is 26.2. The highest BCUT2D eigenvalue weighted by atomic mass is 16.5. The molecule has 0 spiro atoms. The maximum Gasteiger partial charge on any atom is 0.243 e. The highest BCUT2D eigenvalue weighted by molar-refractivity contribution is 5.92. The smallest absolute Gasteiger partial charge is 0.243 e. The molecule has 0 radical (unpaired) electrons. The molecule has 8 N–H and O–H groups in total. The molecule has 0 aliphatic rings. The molecule has 0 saturated heterocycles. The van der Waals surface area contributed by atoms with Gasteiger partial charge in [-0.05, 0) is 36.1 Å². The van der Waals surface area contributed by atoms with Gasteiger partial charge in [0.05, 0.1) is 13.5 Å². The van der Waals surface area contributed by atoms with Crippen LogP contribution in [0.2, 0.25) is 0 Å². The van der Waals surface area contributed by atoms with E-state index in [1.807, 2.05) is 30.3 Å². The topological polar surface area (TPSA) is 175 Å². The van der Waals surface area contributed by atoms with Crippen molar-refractivity contribution >= 4 is 23.7 Å². The second-order valence-corrected chi connectivity index (χ2v) is 7.75. The number of nitrogens with two attached hydrogens (primary N) is 3. The Balaban J connectivity index is 2.08. The van der Waals surface area contributed by atoms with Crippen LogP contribution in [-0.2, 0) is 27.2 Å². The van der Waals surface area contributed by atoms with Crippen molar-refractivity contribution in [2.45, 2.75) is 37.8 Å². The first-order valence-corrected chi connectivity index (χ1v) is 10.9. The van der Waals surface area contributed by atoms with Crippen molar-refractivity contribution in [2.24, 2.45) is 22.2 Å². The van der Waals surface area contributed by atoms with Crippen LogP contribution in [0.5, 0.6) is 5.75 Å². The zero-order chi connectivity index (χ0) is 24.9. The van der Waals surface area contributed by atoms with E-state index in [4.69, 9.17) is 21.9 Å². The molecule has 0 aromatic heterocycles. The van der Waals surface area contributed by atoms with Gasteiger partial charge in [0.25, 0.3) is 0 Å². The van der Waals surface area contributed by atoms with Crippen molar-refractivity contribution in [2.75, 3.05) is 13.7 Å². The molecule has 3 amide bonds. The Morgan fingerprint density at radius 1 is 0.941 bits per heavy atom. The number of nitrogens with one attached hydrogen (secondary N) is 2. The van der Waals surface area contributed by atoms with Crippen LogP contribution in [0.3, 0.4) is 0 Å². The zero-order valence-corrected chi connectivity index (χ0v) is 19.2. The van der Waals surface area contributed by atoms with Gasteiger partial charge >= 0.3 is 0 Å². The van der Waals surface area contributed by atoms with E-state index in [2.05, 4.69) is 15.6 Å². The summed E-state index contributed by atoms with van der Waals surface area (Å²) in [6.07, 6.45) is 0.997. The lowest BCUT2D eigenvalue weighted by atomic mass is 10.0. The molecule has 182 valence electrons. The van der Waals surface area contributed by atoms with E-state index in [9.17, 15) is 14.4 Å². The van der Waals surface area contributed by atoms with Crippen molar-refractivity contribution in [1.29, 1.82) is 0 Å². The number of carbonyl (C=O) groups excluding carboxylic acids is 3. The Kier molecular flexibility index (Phi) is 10.4. The number of rotatable bonds is 13. The summed E-state index contributed by atoms with van der Waals surface area (Å²) in [4.78, 5) is 41.6. The lowest BCUT2D eigenvalue weighted by Gasteiger charge is -2.22. The average molecular weight is 469 g/mol. The number of amides is 3. The van der Waals surface area contributed by atoms with Crippen LogP contribution in [0.15, 0.2) is 59.6 Å². The second-order valence-electron chi connectivity index (χ2n) is 7.75. The summed E-state index contributed by atoms with van der Waals surface area (Å²) in [6, 6.07) is 14.5. The number of aliphatic imine (C=N–C) groups is 1. The molecule has 2 aromatic carbocycles. The second kappa shape index (κ2) is 13.5. The molecule has 0 aliphatic heterocycles. The van der Waals surface area contributed by atoms with E-state index in [1.165, 1.54) is 0 Å². The third-order valence-electron chi connectivity index (χ3n) is 5.04. The molecule has 2 atom stereocenters. The summed E-state index contributed by atoms with van der Waals surface area (Å²) in [7, 11) is 1.54. The fourth-order valence-electron chi connectivity index (χ4n) is 3.33. The molecule has 0 saturated carbocycles. The van der Waals surface area contributed by atoms with Crippen molar-refractivity contribution in [3.05, 3.63) is 65.7 Å². The van der Waals surface area contributed by atoms with Gasteiger partial charge in [0.1, 0.15) is 17.8 Å². The summed E-state index contributed by atoms with van der Waals surface area (Å²) in [5.74, 6) is -0.960. The summed E-state index contributed by atoms with van der Waals surface area (Å²) in [5.41, 5.74) is 17.8. The van der Waals surface area contributed by atoms with Crippen LogP contribution < -0.4 is 32.6 Å². The zero-order valence-electron chi connectivity index (χ0n) is 19.2. The van der Waals surface area contributed by atoms with Gasteiger partial charge in [-0.25, -0.2) is 0 Å². The number of nitrogens with zero attached hydrogens (tertiary/aromatic N) is 1. The van der Waals surface area contributed by atoms with Crippen LogP contribution in [-0.4, -0.2) is 49.4 Å². The highest BCUT2D eigenvalue weighted by Gasteiger charge is 2.25. The quantitative estimate of drug-likeness (QED) is 0.157. The molecule has 10 heteroatoms. The Labute approximate surface area is 198 Å². The molecule has 0 fully saturated rings. The minimum atomic E-state index is -0.926. The summed E-state index contributed by atoms with van der Waals surface area (Å²) >= 11 is 0. The maximum atomic E-state index is 13.0. The predicted octanol–water partition coefficient (Wildman–Crippen LogP) is -0.0111. The largest absolute Gasteiger partial charge is 0.497 e. The summed E-state index contributed by atoms with van der Waals surface area (Å²) in [5, 5.41) is 5.41. The molecule has 10 nitrogen and oxygen atoms in total. The van der Waals surface area contributed by atoms with Gasteiger partial charge < -0.3 is 32.6 Å². The Bertz CT molecular complexity index is 992. The first-order valence-electron chi connectivity index (χ1n) is 10.9. The number of primary amides is 1. The van der Waals surface area contributed by atoms with Gasteiger partial charge in [0, 0.05) is 13.0 Å². The van der Waals surface area contributed by atoms with E-state index in [-0.39, 0.29) is 31.1 Å². The van der Waals surface area contributed by atoms with Gasteiger partial charge in [0.15, 0.2) is 5.96 Å². The Morgan fingerprint density at radius 2 is 1.65 bits per heavy atom. The van der Waals surface area contributed by atoms with E-state index < -0.39 is 23.9 Å². The third kappa shape index (κ3) is 9.19. The number of hydrogen-bond donors (Lipinski definition) is 5. The van der Waals surface area contributed by atoms with E-state index in [1.54, 1.807) is 31.4 Å². The fourth-order valence-corrected chi connectivity index (χ4v) is 3.33. The molecular formula is C24H32N6O4. The number of guanidine groups is 1. The lowest BCUT2D eigenvalue weighted by molar-refractivity contribution is -0.131. The SMILES string of the molecule is COc1cccc(CC(=O)N[C@@H](CCCN=C(N)N)C(=O)N[C@@H](Cc2ccccc2)C(N)=O)c1. The molecule has 0 aliphatic carbocycles. The molecular weight excluding hydrogens is 436 g/mol. The molecule has 2 aromatic rings. The number of ether oxygens (including phenoxy) is 1. The minimum Gasteiger partial charge on any atom is -0.497 e. The normalized spacial score (nSPS) is 12.1. The van der Waals surface area contributed by atoms with Crippen molar-refractivity contribution in [3.8, 4) is 5.75 Å². The number of carbonyl (C=O) groups is 3. The molecule has 0 heterocycles. The van der Waals surface area contributed by atoms with Crippen molar-refractivity contribution in [1.82, 2.24) is 10.6 Å². The van der Waals surface area contributed by atoms with Crippen molar-refractivity contribution in [3.63, 3.8) is 0 Å². The van der Waals surface area contributed by atoms with Gasteiger partial charge in [-0.2, -0.15) is 0 Å². The Hall–Kier alpha value is -4.08. The monoisotopic (exact) mass is 468 g/mol. The maximum absolute atomic E-state index is 13.0. The Morgan fingerprint density at radius 3 is 2.29 bits per heavy atom. The van der Waals surface area contributed by atoms with Crippen LogP contribution in [0.4, 0.5) is 0 Å². The minimum absolute atomic E-state index is 0.0537. The lowest BCUT2D eigenvalue weighted by Crippen LogP contribution is -2.53. The highest BCUT2D eigenvalue weighted by Crippen LogP contribution is 2.13. The van der Waals surface area contributed by atoms with Gasteiger partial charge in [-0.15, -0.1) is 0 Å². The van der Waals surface area contributed by atoms with Crippen LogP contribution >= 0.6 is 0 Å². The summed E-state index contributed by atoms with van der Waals surface area (Å²) < 4.78 is 5.18. The van der Waals surface area contributed by atoms with Crippen LogP contribution in [0.25, 0.3) is 0 Å². The first-order chi connectivity index (χ1) is 16.3. The van der Waals surface area contributed by atoms with Gasteiger partial charge in [-0.3, -0.25) is 19.4 Å². The number of benzene rings is 2. The van der Waals surface area contributed by atoms with E-state index >= 15 is 0 Å². The standard InChI is InChI=1S/C24H32N6O4/c1-34-18-10-5-9-17(13-18)15-21(31)29-19(11-6-12-28-24(26)27)23(33)30-20(22(25)32)14-16-7-3-2-4-8-16/h2-5,7-10,13,19-20H,6,11-12,14-15H2,1H3,(H2,25,32)(H,29,31)(H,30,33)(H4,26,27,28)/t19-,20-/m0/s1. The van der Waals surface area contributed by atoms with Gasteiger partial charge in [0.2, 0.25) is 17.7 Å². The van der Waals surface area contributed by atoms with Crippen LogP contribution in [0, 0.1) is 0 Å². The van der Waals surface area contributed by atoms with Gasteiger partial charge in [-0.1, -0.05) is 42.5 Å². The molecule has 0 unspecified atom stereocenters. The number of hydrogen-bond acceptors (Lipinski definition) is 5. The van der Waals surface area contributed by atoms with Crippen LogP contribution in [0.1, 0.15) is 24.0 Å². The third-order valence-corrected chi connectivity index (χ3v) is 5.04. The van der Waals surface area contributed by atoms with E-state index in [0.29, 0.717) is 18.7 Å².